The zero-order valence-electron chi connectivity index (χ0n) is 14.0. The van der Waals surface area contributed by atoms with E-state index in [0.29, 0.717) is 17.6 Å². The van der Waals surface area contributed by atoms with Gasteiger partial charge >= 0.3 is 0 Å². The molecule has 0 aromatic heterocycles. The molecule has 1 aliphatic carbocycles. The van der Waals surface area contributed by atoms with Gasteiger partial charge in [0, 0.05) is 35.2 Å². The normalized spacial score (nSPS) is 15.0. The predicted octanol–water partition coefficient (Wildman–Crippen LogP) is 4.04. The number of allylic oxidation sites excluding steroid dienone is 1. The number of hydrogen-bond acceptors (Lipinski definition) is 5. The first-order valence-electron chi connectivity index (χ1n) is 7.92. The number of ether oxygens (including phenoxy) is 1. The molecule has 25 heavy (non-hydrogen) atoms. The molecule has 0 fully saturated rings. The van der Waals surface area contributed by atoms with E-state index in [-0.39, 0.29) is 11.5 Å². The molecule has 0 spiro atoms. The van der Waals surface area contributed by atoms with Gasteiger partial charge in [-0.3, -0.25) is 14.9 Å². The van der Waals surface area contributed by atoms with Crippen molar-refractivity contribution in [2.45, 2.75) is 19.8 Å². The second-order valence-corrected chi connectivity index (χ2v) is 5.92. The zero-order chi connectivity index (χ0) is 18.0. The first-order valence-corrected chi connectivity index (χ1v) is 7.92. The number of anilines is 1. The number of benzene rings is 2. The van der Waals surface area contributed by atoms with E-state index < -0.39 is 4.92 Å². The highest BCUT2D eigenvalue weighted by Gasteiger charge is 2.22. The molecule has 0 saturated carbocycles. The predicted molar refractivity (Wildman–Crippen MR) is 95.2 cm³/mol. The van der Waals surface area contributed by atoms with Crippen LogP contribution in [0, 0.1) is 17.0 Å². The van der Waals surface area contributed by atoms with Crippen molar-refractivity contribution < 1.29 is 14.5 Å². The number of ketones is 1. The minimum atomic E-state index is -0.425. The molecule has 0 heterocycles. The number of hydrogen-bond donors (Lipinski definition) is 1. The summed E-state index contributed by atoms with van der Waals surface area (Å²) in [5.74, 6) is 0.745. The third kappa shape index (κ3) is 3.38. The van der Waals surface area contributed by atoms with Gasteiger partial charge in [0.05, 0.1) is 12.0 Å². The number of fused-ring (bicyclic) bond motifs is 1. The molecule has 0 amide bonds. The smallest absolute Gasteiger partial charge is 0.269 e. The summed E-state index contributed by atoms with van der Waals surface area (Å²) >= 11 is 0. The molecular weight excluding hydrogens is 320 g/mol. The van der Waals surface area contributed by atoms with Crippen LogP contribution in [0.25, 0.3) is 0 Å². The highest BCUT2D eigenvalue weighted by molar-refractivity contribution is 6.11. The average Bonchev–Trinajstić information content (AvgIpc) is 2.61. The molecule has 3 rings (SSSR count). The Morgan fingerprint density at radius 3 is 2.68 bits per heavy atom. The van der Waals surface area contributed by atoms with E-state index in [9.17, 15) is 14.9 Å². The third-order valence-corrected chi connectivity index (χ3v) is 4.34. The largest absolute Gasteiger partial charge is 0.497 e. The van der Waals surface area contributed by atoms with Gasteiger partial charge in [-0.1, -0.05) is 0 Å². The van der Waals surface area contributed by atoms with Gasteiger partial charge in [0.2, 0.25) is 0 Å². The Morgan fingerprint density at radius 2 is 2.00 bits per heavy atom. The highest BCUT2D eigenvalue weighted by Crippen LogP contribution is 2.29. The molecule has 2 aromatic rings. The number of nitrogens with one attached hydrogen (secondary N) is 1. The SMILES string of the molecule is COc1ccc2c(c1)CCC(=CNc1ccc([N+](=O)[O-])cc1C)C2=O. The quantitative estimate of drug-likeness (QED) is 0.517. The zero-order valence-corrected chi connectivity index (χ0v) is 14.0. The van der Waals surface area contributed by atoms with Gasteiger partial charge in [-0.05, 0) is 55.2 Å². The van der Waals surface area contributed by atoms with Crippen LogP contribution >= 0.6 is 0 Å². The lowest BCUT2D eigenvalue weighted by molar-refractivity contribution is -0.384. The van der Waals surface area contributed by atoms with Crippen molar-refractivity contribution in [3.8, 4) is 5.75 Å². The van der Waals surface area contributed by atoms with E-state index in [1.165, 1.54) is 12.1 Å². The summed E-state index contributed by atoms with van der Waals surface area (Å²) in [4.78, 5) is 23.0. The van der Waals surface area contributed by atoms with Gasteiger partial charge in [0.1, 0.15) is 5.75 Å². The van der Waals surface area contributed by atoms with Gasteiger partial charge in [-0.2, -0.15) is 0 Å². The number of aryl methyl sites for hydroxylation is 2. The Morgan fingerprint density at radius 1 is 1.20 bits per heavy atom. The van der Waals surface area contributed by atoms with Crippen LogP contribution in [-0.4, -0.2) is 17.8 Å². The van der Waals surface area contributed by atoms with E-state index in [2.05, 4.69) is 5.32 Å². The summed E-state index contributed by atoms with van der Waals surface area (Å²) in [6.45, 7) is 1.79. The molecule has 1 aliphatic rings. The monoisotopic (exact) mass is 338 g/mol. The van der Waals surface area contributed by atoms with Gasteiger partial charge in [0.25, 0.3) is 5.69 Å². The lowest BCUT2D eigenvalue weighted by atomic mass is 9.87. The summed E-state index contributed by atoms with van der Waals surface area (Å²) in [5.41, 5.74) is 3.92. The maximum absolute atomic E-state index is 12.6. The van der Waals surface area contributed by atoms with Crippen molar-refractivity contribution in [1.82, 2.24) is 0 Å². The van der Waals surface area contributed by atoms with Crippen LogP contribution < -0.4 is 10.1 Å². The van der Waals surface area contributed by atoms with Crippen molar-refractivity contribution >= 4 is 17.2 Å². The van der Waals surface area contributed by atoms with Crippen LogP contribution in [0.2, 0.25) is 0 Å². The van der Waals surface area contributed by atoms with E-state index in [4.69, 9.17) is 4.74 Å². The van der Waals surface area contributed by atoms with Gasteiger partial charge in [0.15, 0.2) is 5.78 Å². The fourth-order valence-electron chi connectivity index (χ4n) is 2.91. The molecule has 6 heteroatoms. The van der Waals surface area contributed by atoms with Crippen molar-refractivity contribution in [3.05, 3.63) is 75.0 Å². The minimum Gasteiger partial charge on any atom is -0.497 e. The Labute approximate surface area is 145 Å². The average molecular weight is 338 g/mol. The van der Waals surface area contributed by atoms with Gasteiger partial charge < -0.3 is 10.1 Å². The van der Waals surface area contributed by atoms with Crippen LogP contribution in [-0.2, 0) is 6.42 Å². The number of nitro benzene ring substituents is 1. The number of nitrogens with zero attached hydrogens (tertiary/aromatic N) is 1. The summed E-state index contributed by atoms with van der Waals surface area (Å²) in [6, 6.07) is 10.1. The van der Waals surface area contributed by atoms with Crippen LogP contribution in [0.3, 0.4) is 0 Å². The number of methoxy groups -OCH3 is 1. The minimum absolute atomic E-state index is 0.00373. The number of nitro groups is 1. The van der Waals surface area contributed by atoms with Crippen molar-refractivity contribution in [2.75, 3.05) is 12.4 Å². The van der Waals surface area contributed by atoms with E-state index in [0.717, 1.165) is 29.0 Å². The Kier molecular flexibility index (Phi) is 4.52. The molecule has 0 radical (unpaired) electrons. The Hall–Kier alpha value is -3.15. The first kappa shape index (κ1) is 16.7. The van der Waals surface area contributed by atoms with E-state index >= 15 is 0 Å². The van der Waals surface area contributed by atoms with Crippen molar-refractivity contribution in [3.63, 3.8) is 0 Å². The third-order valence-electron chi connectivity index (χ3n) is 4.34. The van der Waals surface area contributed by atoms with E-state index in [1.54, 1.807) is 38.4 Å². The van der Waals surface area contributed by atoms with Crippen LogP contribution in [0.5, 0.6) is 5.75 Å². The van der Waals surface area contributed by atoms with Crippen molar-refractivity contribution in [1.29, 1.82) is 0 Å². The fraction of sp³-hybridized carbons (Fsp3) is 0.211. The van der Waals surface area contributed by atoms with Gasteiger partial charge in [-0.25, -0.2) is 0 Å². The molecule has 0 atom stereocenters. The lowest BCUT2D eigenvalue weighted by Crippen LogP contribution is -2.15. The van der Waals surface area contributed by atoms with Crippen LogP contribution in [0.1, 0.15) is 27.9 Å². The molecule has 2 aromatic carbocycles. The second-order valence-electron chi connectivity index (χ2n) is 5.92. The number of non-ortho nitro benzene ring substituents is 1. The number of rotatable bonds is 4. The highest BCUT2D eigenvalue weighted by atomic mass is 16.6. The molecule has 128 valence electrons. The fourth-order valence-corrected chi connectivity index (χ4v) is 2.91. The van der Waals surface area contributed by atoms with Crippen molar-refractivity contribution in [2.24, 2.45) is 0 Å². The first-order chi connectivity index (χ1) is 12.0. The number of Topliss-reactive ketones (excluding diaryl/α,β-unsaturated/α-hetero) is 1. The maximum atomic E-state index is 12.6. The number of carbonyl (C=O) groups excluding carboxylic acids is 1. The van der Waals surface area contributed by atoms with Crippen LogP contribution in [0.4, 0.5) is 11.4 Å². The molecule has 0 saturated heterocycles. The molecule has 0 bridgehead atoms. The molecule has 1 N–H and O–H groups in total. The number of carbonyl (C=O) groups is 1. The lowest BCUT2D eigenvalue weighted by Gasteiger charge is -2.18. The maximum Gasteiger partial charge on any atom is 0.269 e. The van der Waals surface area contributed by atoms with E-state index in [1.807, 2.05) is 6.07 Å². The molecule has 0 aliphatic heterocycles. The van der Waals surface area contributed by atoms with Gasteiger partial charge in [-0.15, -0.1) is 0 Å². The Balaban J connectivity index is 1.81. The standard InChI is InChI=1S/C19H18N2O4/c1-12-9-15(21(23)24)5-8-18(12)20-11-14-4-3-13-10-16(25-2)6-7-17(13)19(14)22/h5-11,20H,3-4H2,1-2H3. The Bertz CT molecular complexity index is 887. The molecule has 0 unspecified atom stereocenters. The van der Waals surface area contributed by atoms with Crippen LogP contribution in [0.15, 0.2) is 48.2 Å². The summed E-state index contributed by atoms with van der Waals surface area (Å²) in [5, 5.41) is 13.9. The topological polar surface area (TPSA) is 81.5 Å². The summed E-state index contributed by atoms with van der Waals surface area (Å²) in [6.07, 6.45) is 3.10. The molecular formula is C19H18N2O4. The summed E-state index contributed by atoms with van der Waals surface area (Å²) < 4.78 is 5.20. The second kappa shape index (κ2) is 6.76. The summed E-state index contributed by atoms with van der Waals surface area (Å²) in [7, 11) is 1.61. The molecule has 6 nitrogen and oxygen atoms in total.